The molecule has 0 unspecified atom stereocenters. The van der Waals surface area contributed by atoms with Crippen LogP contribution in [0.1, 0.15) is 29.9 Å². The number of carbonyl (C=O) groups is 1. The Labute approximate surface area is 138 Å². The van der Waals surface area contributed by atoms with Gasteiger partial charge in [-0.25, -0.2) is 9.18 Å². The van der Waals surface area contributed by atoms with Crippen molar-refractivity contribution in [3.05, 3.63) is 65.4 Å². The Morgan fingerprint density at radius 3 is 2.79 bits per heavy atom. The number of furan rings is 1. The number of amides is 2. The molecule has 0 aliphatic carbocycles. The summed E-state index contributed by atoms with van der Waals surface area (Å²) in [6, 6.07) is 7.42. The van der Waals surface area contributed by atoms with Gasteiger partial charge in [-0.15, -0.1) is 0 Å². The number of aryl methyl sites for hydroxylation is 1. The van der Waals surface area contributed by atoms with Crippen molar-refractivity contribution in [3.63, 3.8) is 0 Å². The zero-order chi connectivity index (χ0) is 17.1. The summed E-state index contributed by atoms with van der Waals surface area (Å²) >= 11 is 0. The summed E-state index contributed by atoms with van der Waals surface area (Å²) in [5.41, 5.74) is 2.39. The molecule has 0 saturated carbocycles. The number of pyridine rings is 1. The molecule has 124 valence electrons. The molecular weight excluding hydrogens is 309 g/mol. The molecule has 1 atom stereocenters. The van der Waals surface area contributed by atoms with Crippen LogP contribution in [-0.2, 0) is 6.54 Å². The molecule has 0 aliphatic heterocycles. The Morgan fingerprint density at radius 1 is 1.29 bits per heavy atom. The van der Waals surface area contributed by atoms with E-state index in [1.807, 2.05) is 26.0 Å². The number of rotatable bonds is 4. The lowest BCUT2D eigenvalue weighted by molar-refractivity contribution is 0.236. The highest BCUT2D eigenvalue weighted by Crippen LogP contribution is 2.29. The molecule has 6 heteroatoms. The van der Waals surface area contributed by atoms with E-state index in [4.69, 9.17) is 4.42 Å². The number of carbonyl (C=O) groups excluding carboxylic acids is 1. The molecule has 2 amide bonds. The SMILES string of the molecule is Cc1c([C@@H](C)NC(=O)NCc2ccncc2)oc2ccc(F)cc12. The average molecular weight is 327 g/mol. The van der Waals surface area contributed by atoms with Crippen LogP contribution in [0.2, 0.25) is 0 Å². The first-order chi connectivity index (χ1) is 11.5. The molecule has 0 aliphatic rings. The maximum absolute atomic E-state index is 13.4. The number of hydrogen-bond donors (Lipinski definition) is 2. The van der Waals surface area contributed by atoms with Gasteiger partial charge in [0.2, 0.25) is 0 Å². The Morgan fingerprint density at radius 2 is 2.04 bits per heavy atom. The van der Waals surface area contributed by atoms with Crippen molar-refractivity contribution in [1.29, 1.82) is 0 Å². The number of nitrogens with zero attached hydrogens (tertiary/aromatic N) is 1. The lowest BCUT2D eigenvalue weighted by Crippen LogP contribution is -2.36. The number of urea groups is 1. The van der Waals surface area contributed by atoms with E-state index in [1.165, 1.54) is 12.1 Å². The van der Waals surface area contributed by atoms with Crippen LogP contribution in [0.4, 0.5) is 9.18 Å². The van der Waals surface area contributed by atoms with Gasteiger partial charge in [-0.1, -0.05) is 0 Å². The third kappa shape index (κ3) is 3.37. The first-order valence-corrected chi connectivity index (χ1v) is 7.66. The summed E-state index contributed by atoms with van der Waals surface area (Å²) in [5.74, 6) is 0.309. The molecule has 0 fully saturated rings. The molecule has 5 nitrogen and oxygen atoms in total. The summed E-state index contributed by atoms with van der Waals surface area (Å²) in [5, 5.41) is 6.33. The van der Waals surface area contributed by atoms with E-state index in [9.17, 15) is 9.18 Å². The summed E-state index contributed by atoms with van der Waals surface area (Å²) in [6.07, 6.45) is 3.35. The van der Waals surface area contributed by atoms with Crippen molar-refractivity contribution in [2.45, 2.75) is 26.4 Å². The molecule has 0 radical (unpaired) electrons. The maximum atomic E-state index is 13.4. The summed E-state index contributed by atoms with van der Waals surface area (Å²) in [7, 11) is 0. The Bertz CT molecular complexity index is 861. The lowest BCUT2D eigenvalue weighted by atomic mass is 10.1. The minimum atomic E-state index is -0.335. The van der Waals surface area contributed by atoms with Crippen LogP contribution < -0.4 is 10.6 Å². The number of nitrogens with one attached hydrogen (secondary N) is 2. The van der Waals surface area contributed by atoms with E-state index < -0.39 is 0 Å². The fourth-order valence-corrected chi connectivity index (χ4v) is 2.62. The summed E-state index contributed by atoms with van der Waals surface area (Å²) < 4.78 is 19.1. The van der Waals surface area contributed by atoms with Gasteiger partial charge in [0.25, 0.3) is 0 Å². The minimum Gasteiger partial charge on any atom is -0.459 e. The molecule has 2 heterocycles. The van der Waals surface area contributed by atoms with Gasteiger partial charge < -0.3 is 15.1 Å². The van der Waals surface area contributed by atoms with Crippen molar-refractivity contribution in [2.24, 2.45) is 0 Å². The molecule has 2 N–H and O–H groups in total. The topological polar surface area (TPSA) is 67.2 Å². The van der Waals surface area contributed by atoms with E-state index in [1.54, 1.807) is 18.5 Å². The largest absolute Gasteiger partial charge is 0.459 e. The molecule has 3 rings (SSSR count). The van der Waals surface area contributed by atoms with Crippen LogP contribution in [0.25, 0.3) is 11.0 Å². The standard InChI is InChI=1S/C18H18FN3O2/c1-11-15-9-14(19)3-4-16(15)24-17(11)12(2)22-18(23)21-10-13-5-7-20-8-6-13/h3-9,12H,10H2,1-2H3,(H2,21,22,23)/t12-/m1/s1. The highest BCUT2D eigenvalue weighted by atomic mass is 19.1. The average Bonchev–Trinajstić information content (AvgIpc) is 2.90. The highest BCUT2D eigenvalue weighted by molar-refractivity contribution is 5.82. The number of aromatic nitrogens is 1. The fourth-order valence-electron chi connectivity index (χ4n) is 2.62. The van der Waals surface area contributed by atoms with E-state index in [2.05, 4.69) is 15.6 Å². The first-order valence-electron chi connectivity index (χ1n) is 7.66. The second-order valence-electron chi connectivity index (χ2n) is 5.64. The van der Waals surface area contributed by atoms with Gasteiger partial charge in [0.1, 0.15) is 17.2 Å². The summed E-state index contributed by atoms with van der Waals surface area (Å²) in [6.45, 7) is 4.09. The Hall–Kier alpha value is -2.89. The zero-order valence-corrected chi connectivity index (χ0v) is 13.5. The number of hydrogen-bond acceptors (Lipinski definition) is 3. The third-order valence-corrected chi connectivity index (χ3v) is 3.88. The molecule has 24 heavy (non-hydrogen) atoms. The van der Waals surface area contributed by atoms with E-state index in [-0.39, 0.29) is 17.9 Å². The van der Waals surface area contributed by atoms with E-state index in [0.717, 1.165) is 16.5 Å². The fraction of sp³-hybridized carbons (Fsp3) is 0.222. The van der Waals surface area contributed by atoms with Crippen LogP contribution in [0, 0.1) is 12.7 Å². The van der Waals surface area contributed by atoms with Gasteiger partial charge in [0.15, 0.2) is 0 Å². The van der Waals surface area contributed by atoms with Crippen molar-refractivity contribution in [2.75, 3.05) is 0 Å². The third-order valence-electron chi connectivity index (χ3n) is 3.88. The van der Waals surface area contributed by atoms with Crippen LogP contribution in [0.5, 0.6) is 0 Å². The lowest BCUT2D eigenvalue weighted by Gasteiger charge is -2.13. The highest BCUT2D eigenvalue weighted by Gasteiger charge is 2.18. The predicted molar refractivity (Wildman–Crippen MR) is 88.9 cm³/mol. The van der Waals surface area contributed by atoms with Crippen LogP contribution in [0.15, 0.2) is 47.1 Å². The normalized spacial score (nSPS) is 12.1. The van der Waals surface area contributed by atoms with E-state index in [0.29, 0.717) is 17.9 Å². The second kappa shape index (κ2) is 6.70. The van der Waals surface area contributed by atoms with Crippen molar-refractivity contribution in [3.8, 4) is 0 Å². The molecule has 1 aromatic carbocycles. The smallest absolute Gasteiger partial charge is 0.315 e. The number of fused-ring (bicyclic) bond motifs is 1. The molecule has 2 aromatic heterocycles. The summed E-state index contributed by atoms with van der Waals surface area (Å²) in [4.78, 5) is 16.0. The van der Waals surface area contributed by atoms with Crippen molar-refractivity contribution in [1.82, 2.24) is 15.6 Å². The van der Waals surface area contributed by atoms with Gasteiger partial charge in [0, 0.05) is 29.9 Å². The maximum Gasteiger partial charge on any atom is 0.315 e. The number of halogens is 1. The van der Waals surface area contributed by atoms with Gasteiger partial charge in [0.05, 0.1) is 6.04 Å². The van der Waals surface area contributed by atoms with Gasteiger partial charge in [-0.2, -0.15) is 0 Å². The molecule has 0 spiro atoms. The predicted octanol–water partition coefficient (Wildman–Crippen LogP) is 3.84. The molecule has 0 bridgehead atoms. The van der Waals surface area contributed by atoms with Gasteiger partial charge >= 0.3 is 6.03 Å². The zero-order valence-electron chi connectivity index (χ0n) is 13.5. The molecular formula is C18H18FN3O2. The van der Waals surface area contributed by atoms with Crippen molar-refractivity contribution >= 4 is 17.0 Å². The quantitative estimate of drug-likeness (QED) is 0.765. The monoisotopic (exact) mass is 327 g/mol. The van der Waals surface area contributed by atoms with Crippen LogP contribution >= 0.6 is 0 Å². The first kappa shape index (κ1) is 16.0. The van der Waals surface area contributed by atoms with Crippen LogP contribution in [0.3, 0.4) is 0 Å². The van der Waals surface area contributed by atoms with Gasteiger partial charge in [-0.05, 0) is 49.7 Å². The minimum absolute atomic E-state index is 0.301. The Kier molecular flexibility index (Phi) is 4.46. The molecule has 0 saturated heterocycles. The molecule has 3 aromatic rings. The Balaban J connectivity index is 1.67. The number of benzene rings is 1. The van der Waals surface area contributed by atoms with E-state index >= 15 is 0 Å². The van der Waals surface area contributed by atoms with Gasteiger partial charge in [-0.3, -0.25) is 4.98 Å². The second-order valence-corrected chi connectivity index (χ2v) is 5.64. The van der Waals surface area contributed by atoms with Crippen LogP contribution in [-0.4, -0.2) is 11.0 Å². The van der Waals surface area contributed by atoms with Crippen molar-refractivity contribution < 1.29 is 13.6 Å².